The molecule has 9 heteroatoms. The van der Waals surface area contributed by atoms with Crippen molar-refractivity contribution in [1.29, 1.82) is 0 Å². The van der Waals surface area contributed by atoms with Crippen molar-refractivity contribution in [1.82, 2.24) is 9.71 Å². The van der Waals surface area contributed by atoms with Gasteiger partial charge in [0.25, 0.3) is 0 Å². The summed E-state index contributed by atoms with van der Waals surface area (Å²) in [5.74, 6) is 0.649. The van der Waals surface area contributed by atoms with Gasteiger partial charge < -0.3 is 10.2 Å². The van der Waals surface area contributed by atoms with Gasteiger partial charge in [0.1, 0.15) is 5.82 Å². The Morgan fingerprint density at radius 3 is 2.52 bits per heavy atom. The highest BCUT2D eigenvalue weighted by atomic mass is 35.5. The predicted molar refractivity (Wildman–Crippen MR) is 113 cm³/mol. The third kappa shape index (κ3) is 5.07. The summed E-state index contributed by atoms with van der Waals surface area (Å²) in [6.07, 6.45) is 4.78. The van der Waals surface area contributed by atoms with Gasteiger partial charge in [0.05, 0.1) is 9.92 Å². The molecule has 0 spiro atoms. The molecule has 2 heterocycles. The van der Waals surface area contributed by atoms with E-state index in [9.17, 15) is 13.2 Å². The molecular weight excluding hydrogens is 412 g/mol. The van der Waals surface area contributed by atoms with Gasteiger partial charge in [-0.15, -0.1) is 0 Å². The second-order valence-corrected chi connectivity index (χ2v) is 9.66. The number of hydrogen-bond donors (Lipinski definition) is 2. The minimum atomic E-state index is -3.55. The molecule has 0 unspecified atom stereocenters. The van der Waals surface area contributed by atoms with Gasteiger partial charge in [-0.2, -0.15) is 0 Å². The first-order chi connectivity index (χ1) is 13.9. The summed E-state index contributed by atoms with van der Waals surface area (Å²) in [6, 6.07) is 10.1. The summed E-state index contributed by atoms with van der Waals surface area (Å²) < 4.78 is 27.4. The fraction of sp³-hybridized carbons (Fsp3) is 0.400. The highest BCUT2D eigenvalue weighted by Crippen LogP contribution is 2.26. The molecular formula is C20H23ClN4O3S. The van der Waals surface area contributed by atoms with E-state index in [2.05, 4.69) is 19.9 Å². The van der Waals surface area contributed by atoms with E-state index < -0.39 is 10.0 Å². The van der Waals surface area contributed by atoms with Crippen LogP contribution in [-0.4, -0.2) is 38.4 Å². The first-order valence-electron chi connectivity index (χ1n) is 9.70. The SMILES string of the molecule is O=C(Nc1cccc(S(=O)(=O)NC2CC2)c1)C1CCN(c2ccc(Cl)cn2)CC1. The second-order valence-electron chi connectivity index (χ2n) is 7.51. The number of aromatic nitrogens is 1. The number of benzene rings is 1. The van der Waals surface area contributed by atoms with Crippen molar-refractivity contribution in [3.8, 4) is 0 Å². The molecule has 2 aromatic rings. The van der Waals surface area contributed by atoms with Crippen LogP contribution in [0.1, 0.15) is 25.7 Å². The molecule has 1 aliphatic carbocycles. The van der Waals surface area contributed by atoms with Crippen LogP contribution in [0.4, 0.5) is 11.5 Å². The molecule has 2 aliphatic rings. The van der Waals surface area contributed by atoms with E-state index in [0.29, 0.717) is 23.6 Å². The molecule has 2 fully saturated rings. The Morgan fingerprint density at radius 2 is 1.86 bits per heavy atom. The zero-order valence-electron chi connectivity index (χ0n) is 15.8. The third-order valence-corrected chi connectivity index (χ3v) is 6.95. The molecule has 0 radical (unpaired) electrons. The number of carbonyl (C=O) groups excluding carboxylic acids is 1. The van der Waals surface area contributed by atoms with E-state index in [1.165, 1.54) is 12.1 Å². The molecule has 1 amide bonds. The summed E-state index contributed by atoms with van der Waals surface area (Å²) in [6.45, 7) is 1.46. The van der Waals surface area contributed by atoms with Gasteiger partial charge in [-0.1, -0.05) is 17.7 Å². The van der Waals surface area contributed by atoms with E-state index in [0.717, 1.165) is 31.7 Å². The average Bonchev–Trinajstić information content (AvgIpc) is 3.52. The smallest absolute Gasteiger partial charge is 0.240 e. The number of nitrogens with zero attached hydrogens (tertiary/aromatic N) is 2. The quantitative estimate of drug-likeness (QED) is 0.729. The highest BCUT2D eigenvalue weighted by molar-refractivity contribution is 7.89. The molecule has 4 rings (SSSR count). The van der Waals surface area contributed by atoms with Crippen LogP contribution < -0.4 is 14.9 Å². The van der Waals surface area contributed by atoms with Gasteiger partial charge in [0, 0.05) is 36.9 Å². The fourth-order valence-corrected chi connectivity index (χ4v) is 4.86. The standard InChI is InChI=1S/C20H23ClN4O3S/c21-15-4-7-19(22-13-15)25-10-8-14(9-11-25)20(26)23-17-2-1-3-18(12-17)29(27,28)24-16-5-6-16/h1-4,7,12-14,16,24H,5-6,8-11H2,(H,23,26). The Bertz CT molecular complexity index is 985. The lowest BCUT2D eigenvalue weighted by Gasteiger charge is -2.32. The number of anilines is 2. The van der Waals surface area contributed by atoms with Crippen molar-refractivity contribution in [2.45, 2.75) is 36.6 Å². The molecule has 1 aliphatic heterocycles. The zero-order valence-corrected chi connectivity index (χ0v) is 17.4. The van der Waals surface area contributed by atoms with Gasteiger partial charge in [0.15, 0.2) is 0 Å². The van der Waals surface area contributed by atoms with Crippen LogP contribution >= 0.6 is 11.6 Å². The van der Waals surface area contributed by atoms with Crippen LogP contribution in [0.15, 0.2) is 47.5 Å². The maximum Gasteiger partial charge on any atom is 0.240 e. The van der Waals surface area contributed by atoms with E-state index in [-0.39, 0.29) is 22.8 Å². The summed E-state index contributed by atoms with van der Waals surface area (Å²) in [5.41, 5.74) is 0.496. The lowest BCUT2D eigenvalue weighted by atomic mass is 9.96. The molecule has 1 aromatic carbocycles. The maximum absolute atomic E-state index is 12.7. The predicted octanol–water partition coefficient (Wildman–Crippen LogP) is 3.03. The summed E-state index contributed by atoms with van der Waals surface area (Å²) >= 11 is 5.88. The number of sulfonamides is 1. The maximum atomic E-state index is 12.7. The molecule has 0 bridgehead atoms. The van der Waals surface area contributed by atoms with Crippen LogP contribution in [0.3, 0.4) is 0 Å². The Labute approximate surface area is 175 Å². The summed E-state index contributed by atoms with van der Waals surface area (Å²) in [5, 5.41) is 3.47. The van der Waals surface area contributed by atoms with Gasteiger partial charge >= 0.3 is 0 Å². The normalized spacial score (nSPS) is 17.9. The molecule has 154 valence electrons. The fourth-order valence-electron chi connectivity index (χ4n) is 3.40. The average molecular weight is 435 g/mol. The van der Waals surface area contributed by atoms with Gasteiger partial charge in [-0.25, -0.2) is 18.1 Å². The van der Waals surface area contributed by atoms with Crippen molar-refractivity contribution in [2.24, 2.45) is 5.92 Å². The summed E-state index contributed by atoms with van der Waals surface area (Å²) in [7, 11) is -3.55. The lowest BCUT2D eigenvalue weighted by molar-refractivity contribution is -0.120. The van der Waals surface area contributed by atoms with Crippen molar-refractivity contribution in [3.05, 3.63) is 47.6 Å². The summed E-state index contributed by atoms with van der Waals surface area (Å²) in [4.78, 5) is 19.3. The number of carbonyl (C=O) groups is 1. The number of nitrogens with one attached hydrogen (secondary N) is 2. The molecule has 29 heavy (non-hydrogen) atoms. The topological polar surface area (TPSA) is 91.4 Å². The minimum Gasteiger partial charge on any atom is -0.357 e. The van der Waals surface area contributed by atoms with Gasteiger partial charge in [0.2, 0.25) is 15.9 Å². The number of piperidine rings is 1. The van der Waals surface area contributed by atoms with E-state index in [4.69, 9.17) is 11.6 Å². The van der Waals surface area contributed by atoms with Gasteiger partial charge in [-0.05, 0) is 56.0 Å². The molecule has 0 atom stereocenters. The van der Waals surface area contributed by atoms with Gasteiger partial charge in [-0.3, -0.25) is 4.79 Å². The molecule has 1 aromatic heterocycles. The number of halogens is 1. The minimum absolute atomic E-state index is 0.0403. The van der Waals surface area contributed by atoms with Crippen molar-refractivity contribution in [2.75, 3.05) is 23.3 Å². The largest absolute Gasteiger partial charge is 0.357 e. The van der Waals surface area contributed by atoms with Crippen LogP contribution in [0.5, 0.6) is 0 Å². The van der Waals surface area contributed by atoms with Crippen LogP contribution in [0.25, 0.3) is 0 Å². The van der Waals surface area contributed by atoms with E-state index >= 15 is 0 Å². The Balaban J connectivity index is 1.35. The first-order valence-corrected chi connectivity index (χ1v) is 11.6. The monoisotopic (exact) mass is 434 g/mol. The van der Waals surface area contributed by atoms with E-state index in [1.54, 1.807) is 18.3 Å². The molecule has 1 saturated carbocycles. The van der Waals surface area contributed by atoms with E-state index in [1.807, 2.05) is 12.1 Å². The third-order valence-electron chi connectivity index (χ3n) is 5.21. The van der Waals surface area contributed by atoms with Crippen LogP contribution in [0.2, 0.25) is 5.02 Å². The van der Waals surface area contributed by atoms with Crippen molar-refractivity contribution >= 4 is 39.0 Å². The Hall–Kier alpha value is -2.16. The van der Waals surface area contributed by atoms with Crippen LogP contribution in [0, 0.1) is 5.92 Å². The molecule has 2 N–H and O–H groups in total. The number of rotatable bonds is 6. The number of hydrogen-bond acceptors (Lipinski definition) is 5. The second kappa shape index (κ2) is 8.30. The molecule has 1 saturated heterocycles. The van der Waals surface area contributed by atoms with Crippen LogP contribution in [-0.2, 0) is 14.8 Å². The number of pyridine rings is 1. The first kappa shape index (κ1) is 20.1. The molecule has 7 nitrogen and oxygen atoms in total. The Kier molecular flexibility index (Phi) is 5.76. The lowest BCUT2D eigenvalue weighted by Crippen LogP contribution is -2.38. The van der Waals surface area contributed by atoms with Crippen molar-refractivity contribution in [3.63, 3.8) is 0 Å². The van der Waals surface area contributed by atoms with Crippen molar-refractivity contribution < 1.29 is 13.2 Å². The Morgan fingerprint density at radius 1 is 1.10 bits per heavy atom. The zero-order chi connectivity index (χ0) is 20.4. The number of amides is 1. The highest BCUT2D eigenvalue weighted by Gasteiger charge is 2.29.